The van der Waals surface area contributed by atoms with Crippen molar-refractivity contribution in [1.29, 1.82) is 0 Å². The lowest BCUT2D eigenvalue weighted by Crippen LogP contribution is -2.65. The summed E-state index contributed by atoms with van der Waals surface area (Å²) in [5, 5.41) is 8.36. The lowest BCUT2D eigenvalue weighted by atomic mass is 9.69. The predicted octanol–water partition coefficient (Wildman–Crippen LogP) is 2.01. The van der Waals surface area contributed by atoms with Gasteiger partial charge in [-0.3, -0.25) is 9.98 Å². The van der Waals surface area contributed by atoms with Gasteiger partial charge in [0.1, 0.15) is 6.67 Å². The highest BCUT2D eigenvalue weighted by atomic mass is 19.1. The molecule has 9 heteroatoms. The summed E-state index contributed by atoms with van der Waals surface area (Å²) in [6.07, 6.45) is 4.53. The van der Waals surface area contributed by atoms with Crippen LogP contribution in [0.2, 0.25) is 0 Å². The lowest BCUT2D eigenvalue weighted by Gasteiger charge is -2.54. The van der Waals surface area contributed by atoms with E-state index in [1.54, 1.807) is 0 Å². The van der Waals surface area contributed by atoms with E-state index in [0.29, 0.717) is 25.3 Å². The monoisotopic (exact) mass is 426 g/mol. The second-order valence-electron chi connectivity index (χ2n) is 9.12. The minimum Gasteiger partial charge on any atom is -0.372 e. The van der Waals surface area contributed by atoms with E-state index in [-0.39, 0.29) is 29.7 Å². The van der Waals surface area contributed by atoms with Crippen molar-refractivity contribution in [1.82, 2.24) is 10.5 Å². The van der Waals surface area contributed by atoms with E-state index >= 15 is 4.39 Å². The molecule has 8 nitrogen and oxygen atoms in total. The summed E-state index contributed by atoms with van der Waals surface area (Å²) in [5.41, 5.74) is 1.37. The fraction of sp³-hybridized carbons (Fsp3) is 0.591. The van der Waals surface area contributed by atoms with E-state index in [0.717, 1.165) is 42.9 Å². The Bertz CT molecular complexity index is 1060. The number of benzene rings is 1. The first-order chi connectivity index (χ1) is 15.1. The third-order valence-corrected chi connectivity index (χ3v) is 7.00. The Hall–Kier alpha value is -2.52. The van der Waals surface area contributed by atoms with Gasteiger partial charge in [-0.05, 0) is 31.9 Å². The van der Waals surface area contributed by atoms with Crippen molar-refractivity contribution in [2.24, 2.45) is 15.4 Å². The molecule has 0 aliphatic carbocycles. The molecule has 4 aliphatic heterocycles. The number of hydrogen-bond donors (Lipinski definition) is 1. The Morgan fingerprint density at radius 1 is 1.19 bits per heavy atom. The Morgan fingerprint density at radius 3 is 2.74 bits per heavy atom. The third-order valence-electron chi connectivity index (χ3n) is 7.00. The van der Waals surface area contributed by atoms with Crippen molar-refractivity contribution < 1.29 is 13.7 Å². The van der Waals surface area contributed by atoms with Crippen LogP contribution in [0, 0.1) is 11.2 Å². The minimum atomic E-state index is -0.419. The minimum absolute atomic E-state index is 0.00653. The number of halogens is 1. The van der Waals surface area contributed by atoms with Gasteiger partial charge in [0.15, 0.2) is 11.6 Å². The van der Waals surface area contributed by atoms with Crippen LogP contribution in [0.3, 0.4) is 0 Å². The highest BCUT2D eigenvalue weighted by Gasteiger charge is 2.52. The van der Waals surface area contributed by atoms with Gasteiger partial charge in [-0.25, -0.2) is 4.39 Å². The summed E-state index contributed by atoms with van der Waals surface area (Å²) >= 11 is 0. The number of anilines is 2. The van der Waals surface area contributed by atoms with Gasteiger partial charge < -0.3 is 24.4 Å². The molecule has 4 aliphatic rings. The first-order valence-electron chi connectivity index (χ1n) is 11.1. The van der Waals surface area contributed by atoms with Crippen molar-refractivity contribution in [3.8, 4) is 0 Å². The summed E-state index contributed by atoms with van der Waals surface area (Å²) < 4.78 is 27.7. The zero-order valence-corrected chi connectivity index (χ0v) is 17.8. The van der Waals surface area contributed by atoms with Gasteiger partial charge in [-0.15, -0.1) is 0 Å². The Kier molecular flexibility index (Phi) is 4.33. The maximum absolute atomic E-state index is 16.0. The molecule has 1 aromatic carbocycles. The first-order valence-corrected chi connectivity index (χ1v) is 11.1. The summed E-state index contributed by atoms with van der Waals surface area (Å²) in [7, 11) is 0. The number of morpholine rings is 1. The Morgan fingerprint density at radius 2 is 1.97 bits per heavy atom. The molecule has 0 unspecified atom stereocenters. The molecule has 2 fully saturated rings. The van der Waals surface area contributed by atoms with Crippen LogP contribution in [-0.2, 0) is 11.2 Å². The number of rotatable bonds is 1. The second kappa shape index (κ2) is 7.00. The number of fused-ring (bicyclic) bond motifs is 5. The van der Waals surface area contributed by atoms with Crippen LogP contribution < -0.4 is 15.1 Å². The molecule has 5 heterocycles. The number of nitrogens with zero attached hydrogens (tertiary/aromatic N) is 5. The predicted molar refractivity (Wildman–Crippen MR) is 118 cm³/mol. The summed E-state index contributed by atoms with van der Waals surface area (Å²) in [6, 6.07) is 1.99. The molecular weight excluding hydrogens is 399 g/mol. The largest absolute Gasteiger partial charge is 0.372 e. The van der Waals surface area contributed by atoms with Crippen molar-refractivity contribution in [2.45, 2.75) is 38.5 Å². The number of aliphatic imine (C=N–C) groups is 2. The lowest BCUT2D eigenvalue weighted by molar-refractivity contribution is -0.0432. The van der Waals surface area contributed by atoms with Crippen molar-refractivity contribution in [3.05, 3.63) is 17.4 Å². The molecular formula is C22H27FN6O2. The quantitative estimate of drug-likeness (QED) is 0.752. The molecule has 3 atom stereocenters. The van der Waals surface area contributed by atoms with E-state index in [1.165, 1.54) is 0 Å². The van der Waals surface area contributed by atoms with Crippen LogP contribution in [0.4, 0.5) is 15.9 Å². The molecule has 1 spiro atoms. The van der Waals surface area contributed by atoms with Gasteiger partial charge in [0.2, 0.25) is 5.58 Å². The van der Waals surface area contributed by atoms with Gasteiger partial charge in [0.05, 0.1) is 34.7 Å². The maximum atomic E-state index is 16.0. The normalized spacial score (nSPS) is 29.5. The fourth-order valence-corrected chi connectivity index (χ4v) is 5.88. The average Bonchev–Trinajstić information content (AvgIpc) is 3.18. The van der Waals surface area contributed by atoms with Crippen molar-refractivity contribution >= 4 is 34.9 Å². The van der Waals surface area contributed by atoms with Gasteiger partial charge in [0, 0.05) is 45.2 Å². The van der Waals surface area contributed by atoms with Crippen LogP contribution in [0.15, 0.2) is 20.6 Å². The van der Waals surface area contributed by atoms with Crippen LogP contribution in [0.5, 0.6) is 0 Å². The molecule has 2 saturated heterocycles. The molecule has 1 N–H and O–H groups in total. The first kappa shape index (κ1) is 19.2. The highest BCUT2D eigenvalue weighted by molar-refractivity contribution is 5.97. The summed E-state index contributed by atoms with van der Waals surface area (Å²) in [4.78, 5) is 13.3. The van der Waals surface area contributed by atoms with E-state index in [1.807, 2.05) is 19.4 Å². The highest BCUT2D eigenvalue weighted by Crippen LogP contribution is 2.48. The number of nitrogens with one attached hydrogen (secondary N) is 1. The van der Waals surface area contributed by atoms with Crippen LogP contribution >= 0.6 is 0 Å². The van der Waals surface area contributed by atoms with Crippen LogP contribution in [-0.4, -0.2) is 75.2 Å². The van der Waals surface area contributed by atoms with Crippen molar-refractivity contribution in [3.63, 3.8) is 0 Å². The number of aromatic nitrogens is 1. The number of ether oxygens (including phenoxy) is 1. The van der Waals surface area contributed by atoms with Gasteiger partial charge >= 0.3 is 0 Å². The molecule has 2 aromatic rings. The van der Waals surface area contributed by atoms with Gasteiger partial charge in [0.25, 0.3) is 0 Å². The summed E-state index contributed by atoms with van der Waals surface area (Å²) in [6.45, 7) is 8.54. The zero-order valence-electron chi connectivity index (χ0n) is 17.8. The molecule has 0 amide bonds. The van der Waals surface area contributed by atoms with E-state index in [9.17, 15) is 0 Å². The second-order valence-corrected chi connectivity index (χ2v) is 9.12. The smallest absolute Gasteiger partial charge is 0.206 e. The molecule has 31 heavy (non-hydrogen) atoms. The number of piperazine rings is 1. The van der Waals surface area contributed by atoms with E-state index < -0.39 is 5.41 Å². The standard InChI is InChI=1S/C22H27FN6O2/c1-13-9-29-18-15(8-22(10-25-12-26-11-22)20(29)14(2)30-13)7-16-19(17(18)23)31-27-21(16)28-5-3-24-4-6-28/h7,10-11,13-14,20,24H,3-6,8-9,12H2,1-2H3/t13-,14+,20-/m1/s1. The summed E-state index contributed by atoms with van der Waals surface area (Å²) in [5.74, 6) is 0.399. The zero-order chi connectivity index (χ0) is 21.2. The molecule has 6 rings (SSSR count). The fourth-order valence-electron chi connectivity index (χ4n) is 5.88. The average molecular weight is 426 g/mol. The third kappa shape index (κ3) is 2.82. The van der Waals surface area contributed by atoms with Crippen LogP contribution in [0.25, 0.3) is 11.0 Å². The molecule has 1 aromatic heterocycles. The SMILES string of the molecule is C[C@@H]1CN2c3c(cc4c(N5CCNCC5)noc4c3F)CC3(C=NCN=C3)[C@H]2[C@H](C)O1. The van der Waals surface area contributed by atoms with Gasteiger partial charge in [-0.2, -0.15) is 0 Å². The maximum Gasteiger partial charge on any atom is 0.206 e. The van der Waals surface area contributed by atoms with E-state index in [4.69, 9.17) is 9.26 Å². The van der Waals surface area contributed by atoms with Gasteiger partial charge in [-0.1, -0.05) is 5.16 Å². The topological polar surface area (TPSA) is 78.5 Å². The molecule has 0 saturated carbocycles. The Balaban J connectivity index is 1.54. The van der Waals surface area contributed by atoms with Crippen molar-refractivity contribution in [2.75, 3.05) is 49.2 Å². The van der Waals surface area contributed by atoms with Crippen LogP contribution in [0.1, 0.15) is 19.4 Å². The van der Waals surface area contributed by atoms with E-state index in [2.05, 4.69) is 43.2 Å². The molecule has 0 bridgehead atoms. The molecule has 0 radical (unpaired) electrons. The number of hydrogen-bond acceptors (Lipinski definition) is 8. The molecule has 164 valence electrons. The Labute approximate surface area is 180 Å².